The fourth-order valence-corrected chi connectivity index (χ4v) is 4.46. The highest BCUT2D eigenvalue weighted by Gasteiger charge is 2.52. The SMILES string of the molecule is COc1ccc(-c2nnc3n2C2C(C(=O)NC(=O)N2C)N3Cc2cc(C)ccc2C)cc1. The number of likely N-dealkylation sites (N-methyl/N-ethyl adjacent to an activating group) is 1. The molecule has 2 aliphatic rings. The summed E-state index contributed by atoms with van der Waals surface area (Å²) in [5, 5.41) is 11.4. The first-order chi connectivity index (χ1) is 15.4. The van der Waals surface area contributed by atoms with E-state index in [1.165, 1.54) is 4.90 Å². The van der Waals surface area contributed by atoms with E-state index in [1.54, 1.807) is 14.2 Å². The number of carbonyl (C=O) groups excluding carboxylic acids is 2. The van der Waals surface area contributed by atoms with Gasteiger partial charge < -0.3 is 14.5 Å². The average molecular weight is 432 g/mol. The summed E-state index contributed by atoms with van der Waals surface area (Å²) in [6, 6.07) is 12.7. The Balaban J connectivity index is 1.63. The molecule has 1 fully saturated rings. The lowest BCUT2D eigenvalue weighted by molar-refractivity contribution is -0.124. The molecular weight excluding hydrogens is 408 g/mol. The number of benzene rings is 2. The van der Waals surface area contributed by atoms with Crippen molar-refractivity contribution in [2.75, 3.05) is 19.1 Å². The molecule has 32 heavy (non-hydrogen) atoms. The summed E-state index contributed by atoms with van der Waals surface area (Å²) in [5.74, 6) is 1.54. The molecule has 0 saturated carbocycles. The van der Waals surface area contributed by atoms with Crippen LogP contribution >= 0.6 is 0 Å². The van der Waals surface area contributed by atoms with Crippen molar-refractivity contribution in [3.05, 3.63) is 59.2 Å². The van der Waals surface area contributed by atoms with Gasteiger partial charge in [0.25, 0.3) is 5.91 Å². The Morgan fingerprint density at radius 3 is 2.53 bits per heavy atom. The molecule has 2 aliphatic heterocycles. The molecule has 3 amide bonds. The first-order valence-electron chi connectivity index (χ1n) is 10.4. The second-order valence-corrected chi connectivity index (χ2v) is 8.24. The van der Waals surface area contributed by atoms with Crippen LogP contribution in [0.25, 0.3) is 11.4 Å². The molecule has 9 heteroatoms. The summed E-state index contributed by atoms with van der Waals surface area (Å²) in [4.78, 5) is 29.0. The van der Waals surface area contributed by atoms with Crippen LogP contribution in [0.2, 0.25) is 0 Å². The number of methoxy groups -OCH3 is 1. The number of aryl methyl sites for hydroxylation is 2. The van der Waals surface area contributed by atoms with Gasteiger partial charge in [-0.15, -0.1) is 10.2 Å². The molecule has 2 atom stereocenters. The number of fused-ring (bicyclic) bond motifs is 3. The number of rotatable bonds is 4. The lowest BCUT2D eigenvalue weighted by atomic mass is 10.0. The predicted octanol–water partition coefficient (Wildman–Crippen LogP) is 2.64. The molecule has 3 aromatic rings. The maximum absolute atomic E-state index is 13.0. The Morgan fingerprint density at radius 2 is 1.81 bits per heavy atom. The average Bonchev–Trinajstić information content (AvgIpc) is 3.34. The summed E-state index contributed by atoms with van der Waals surface area (Å²) >= 11 is 0. The van der Waals surface area contributed by atoms with Gasteiger partial charge in [-0.05, 0) is 49.2 Å². The summed E-state index contributed by atoms with van der Waals surface area (Å²) in [7, 11) is 3.29. The highest BCUT2D eigenvalue weighted by Crippen LogP contribution is 2.41. The monoisotopic (exact) mass is 432 g/mol. The number of hydrogen-bond donors (Lipinski definition) is 1. The topological polar surface area (TPSA) is 92.6 Å². The van der Waals surface area contributed by atoms with Crippen LogP contribution in [0.1, 0.15) is 22.9 Å². The number of urea groups is 1. The van der Waals surface area contributed by atoms with Crippen molar-refractivity contribution in [1.82, 2.24) is 25.0 Å². The molecule has 0 bridgehead atoms. The highest BCUT2D eigenvalue weighted by molar-refractivity contribution is 6.02. The molecule has 0 aliphatic carbocycles. The Morgan fingerprint density at radius 1 is 1.06 bits per heavy atom. The Hall–Kier alpha value is -3.88. The lowest BCUT2D eigenvalue weighted by Gasteiger charge is -2.37. The standard InChI is InChI=1S/C23H24N6O3/c1-13-5-6-14(2)16(11-13)12-28-18-20(30)24-23(31)27(3)21(18)29-19(25-26-22(28)29)15-7-9-17(32-4)10-8-15/h5-11,18,21H,12H2,1-4H3,(H,24,30,31). The molecule has 0 radical (unpaired) electrons. The summed E-state index contributed by atoms with van der Waals surface area (Å²) in [6.45, 7) is 4.57. The van der Waals surface area contributed by atoms with E-state index in [0.29, 0.717) is 18.3 Å². The smallest absolute Gasteiger partial charge is 0.325 e. The van der Waals surface area contributed by atoms with Crippen LogP contribution in [0.4, 0.5) is 10.7 Å². The van der Waals surface area contributed by atoms with Crippen LogP contribution in [0.5, 0.6) is 5.75 Å². The van der Waals surface area contributed by atoms with Crippen molar-refractivity contribution in [3.63, 3.8) is 0 Å². The molecule has 3 heterocycles. The van der Waals surface area contributed by atoms with E-state index in [4.69, 9.17) is 4.74 Å². The maximum Gasteiger partial charge on any atom is 0.325 e. The van der Waals surface area contributed by atoms with Gasteiger partial charge in [-0.1, -0.05) is 23.8 Å². The second kappa shape index (κ2) is 7.37. The third-order valence-corrected chi connectivity index (χ3v) is 6.23. The number of amides is 3. The number of ether oxygens (including phenoxy) is 1. The number of aromatic nitrogens is 3. The summed E-state index contributed by atoms with van der Waals surface area (Å²) in [6.07, 6.45) is -0.552. The van der Waals surface area contributed by atoms with Crippen molar-refractivity contribution < 1.29 is 14.3 Å². The minimum absolute atomic E-state index is 0.338. The second-order valence-electron chi connectivity index (χ2n) is 8.24. The van der Waals surface area contributed by atoms with Gasteiger partial charge in [-0.25, -0.2) is 4.79 Å². The molecule has 9 nitrogen and oxygen atoms in total. The molecule has 5 rings (SSSR count). The third kappa shape index (κ3) is 3.00. The number of nitrogens with one attached hydrogen (secondary N) is 1. The Bertz CT molecular complexity index is 1220. The molecule has 0 spiro atoms. The van der Waals surface area contributed by atoms with Crippen molar-refractivity contribution in [1.29, 1.82) is 0 Å². The fraction of sp³-hybridized carbons (Fsp3) is 0.304. The predicted molar refractivity (Wildman–Crippen MR) is 118 cm³/mol. The van der Waals surface area contributed by atoms with Crippen LogP contribution in [0, 0.1) is 13.8 Å². The highest BCUT2D eigenvalue weighted by atomic mass is 16.5. The number of carbonyl (C=O) groups is 2. The van der Waals surface area contributed by atoms with Crippen LogP contribution in [-0.2, 0) is 11.3 Å². The van der Waals surface area contributed by atoms with E-state index in [-0.39, 0.29) is 5.91 Å². The molecule has 1 aromatic heterocycles. The van der Waals surface area contributed by atoms with E-state index in [9.17, 15) is 9.59 Å². The van der Waals surface area contributed by atoms with E-state index in [2.05, 4.69) is 33.7 Å². The van der Waals surface area contributed by atoms with E-state index in [0.717, 1.165) is 28.0 Å². The normalized spacial score (nSPS) is 19.6. The van der Waals surface area contributed by atoms with E-state index < -0.39 is 18.2 Å². The van der Waals surface area contributed by atoms with Gasteiger partial charge in [0.1, 0.15) is 11.9 Å². The van der Waals surface area contributed by atoms with E-state index >= 15 is 0 Å². The van der Waals surface area contributed by atoms with Crippen LogP contribution in [-0.4, -0.2) is 51.8 Å². The number of anilines is 1. The molecule has 1 N–H and O–H groups in total. The zero-order chi connectivity index (χ0) is 22.6. The van der Waals surface area contributed by atoms with Crippen molar-refractivity contribution >= 4 is 17.9 Å². The quantitative estimate of drug-likeness (QED) is 0.681. The minimum Gasteiger partial charge on any atom is -0.497 e. The fourth-order valence-electron chi connectivity index (χ4n) is 4.46. The van der Waals surface area contributed by atoms with Gasteiger partial charge in [0.15, 0.2) is 11.9 Å². The molecule has 164 valence electrons. The Labute approximate surface area is 185 Å². The van der Waals surface area contributed by atoms with Crippen molar-refractivity contribution in [3.8, 4) is 17.1 Å². The maximum atomic E-state index is 13.0. The van der Waals surface area contributed by atoms with Gasteiger partial charge in [-0.2, -0.15) is 0 Å². The number of hydrogen-bond acceptors (Lipinski definition) is 6. The van der Waals surface area contributed by atoms with Gasteiger partial charge in [-0.3, -0.25) is 14.7 Å². The molecule has 1 saturated heterocycles. The first kappa shape index (κ1) is 20.0. The Kier molecular flexibility index (Phi) is 4.61. The third-order valence-electron chi connectivity index (χ3n) is 6.23. The minimum atomic E-state index is -0.611. The summed E-state index contributed by atoms with van der Waals surface area (Å²) in [5.41, 5.74) is 4.19. The van der Waals surface area contributed by atoms with Crippen LogP contribution in [0.15, 0.2) is 42.5 Å². The first-order valence-corrected chi connectivity index (χ1v) is 10.4. The van der Waals surface area contributed by atoms with Crippen molar-refractivity contribution in [2.45, 2.75) is 32.6 Å². The lowest BCUT2D eigenvalue weighted by Crippen LogP contribution is -2.61. The number of imide groups is 1. The molecule has 2 aromatic carbocycles. The number of nitrogens with zero attached hydrogens (tertiary/aromatic N) is 5. The van der Waals surface area contributed by atoms with Gasteiger partial charge in [0, 0.05) is 19.2 Å². The van der Waals surface area contributed by atoms with Crippen LogP contribution < -0.4 is 15.0 Å². The molecular formula is C23H24N6O3. The largest absolute Gasteiger partial charge is 0.497 e. The molecule has 2 unspecified atom stereocenters. The summed E-state index contributed by atoms with van der Waals surface area (Å²) < 4.78 is 7.14. The van der Waals surface area contributed by atoms with Crippen LogP contribution in [0.3, 0.4) is 0 Å². The van der Waals surface area contributed by atoms with Gasteiger partial charge >= 0.3 is 6.03 Å². The zero-order valence-corrected chi connectivity index (χ0v) is 18.4. The van der Waals surface area contributed by atoms with Crippen molar-refractivity contribution in [2.24, 2.45) is 0 Å². The zero-order valence-electron chi connectivity index (χ0n) is 18.4. The van der Waals surface area contributed by atoms with Gasteiger partial charge in [0.2, 0.25) is 5.95 Å². The van der Waals surface area contributed by atoms with Gasteiger partial charge in [0.05, 0.1) is 7.11 Å². The van der Waals surface area contributed by atoms with E-state index in [1.807, 2.05) is 47.6 Å².